The van der Waals surface area contributed by atoms with Gasteiger partial charge in [-0.05, 0) is 30.7 Å². The van der Waals surface area contributed by atoms with E-state index in [1.54, 1.807) is 0 Å². The van der Waals surface area contributed by atoms with Crippen LogP contribution in [0.15, 0.2) is 36.7 Å². The Balaban J connectivity index is 1.61. The van der Waals surface area contributed by atoms with E-state index in [2.05, 4.69) is 15.1 Å². The number of hydrogen-bond donors (Lipinski definition) is 0. The molecule has 0 unspecified atom stereocenters. The number of hydrogen-bond acceptors (Lipinski definition) is 4. The minimum Gasteiger partial charge on any atom is -0.352 e. The molecule has 1 aliphatic heterocycles. The van der Waals surface area contributed by atoms with E-state index in [1.807, 2.05) is 53.0 Å². The van der Waals surface area contributed by atoms with Gasteiger partial charge in [-0.3, -0.25) is 4.79 Å². The molecule has 1 amide bonds. The third-order valence-electron chi connectivity index (χ3n) is 3.93. The first-order valence-electron chi connectivity index (χ1n) is 7.77. The maximum atomic E-state index is 11.9. The van der Waals surface area contributed by atoms with Gasteiger partial charge in [0.1, 0.15) is 0 Å². The van der Waals surface area contributed by atoms with Crippen LogP contribution in [0.5, 0.6) is 0 Å². The number of nitrogens with zero attached hydrogens (tertiary/aromatic N) is 5. The van der Waals surface area contributed by atoms with Gasteiger partial charge >= 0.3 is 0 Å². The second-order valence-corrected chi connectivity index (χ2v) is 5.46. The van der Waals surface area contributed by atoms with Crippen LogP contribution < -0.4 is 4.90 Å². The zero-order valence-corrected chi connectivity index (χ0v) is 12.9. The van der Waals surface area contributed by atoms with Crippen LogP contribution in [-0.4, -0.2) is 51.8 Å². The Bertz CT molecular complexity index is 600. The van der Waals surface area contributed by atoms with Gasteiger partial charge in [0, 0.05) is 45.0 Å². The SMILES string of the molecule is CCCC(=O)N1CCN(c2ccc(-n3cccc3)nn2)CC1. The number of carbonyl (C=O) groups excluding carboxylic acids is 1. The number of rotatable bonds is 4. The van der Waals surface area contributed by atoms with Crippen LogP contribution >= 0.6 is 0 Å². The van der Waals surface area contributed by atoms with Crippen molar-refractivity contribution in [2.45, 2.75) is 19.8 Å². The fraction of sp³-hybridized carbons (Fsp3) is 0.438. The molecule has 6 heteroatoms. The Morgan fingerprint density at radius 1 is 1.05 bits per heavy atom. The molecule has 0 N–H and O–H groups in total. The van der Waals surface area contributed by atoms with E-state index in [1.165, 1.54) is 0 Å². The molecule has 116 valence electrons. The quantitative estimate of drug-likeness (QED) is 0.862. The maximum absolute atomic E-state index is 11.9. The largest absolute Gasteiger partial charge is 0.352 e. The predicted molar refractivity (Wildman–Crippen MR) is 85.1 cm³/mol. The molecule has 1 aliphatic rings. The molecule has 6 nitrogen and oxygen atoms in total. The molecule has 0 atom stereocenters. The van der Waals surface area contributed by atoms with Crippen LogP contribution in [0.4, 0.5) is 5.82 Å². The van der Waals surface area contributed by atoms with Gasteiger partial charge in [0.25, 0.3) is 0 Å². The summed E-state index contributed by atoms with van der Waals surface area (Å²) in [5.41, 5.74) is 0. The zero-order valence-electron chi connectivity index (χ0n) is 12.9. The lowest BCUT2D eigenvalue weighted by Gasteiger charge is -2.35. The van der Waals surface area contributed by atoms with Crippen LogP contribution in [-0.2, 0) is 4.79 Å². The first kappa shape index (κ1) is 14.6. The van der Waals surface area contributed by atoms with Gasteiger partial charge in [0.05, 0.1) is 0 Å². The monoisotopic (exact) mass is 299 g/mol. The Kier molecular flexibility index (Phi) is 4.37. The van der Waals surface area contributed by atoms with Crippen molar-refractivity contribution in [3.05, 3.63) is 36.7 Å². The highest BCUT2D eigenvalue weighted by atomic mass is 16.2. The molecule has 2 aromatic rings. The van der Waals surface area contributed by atoms with Gasteiger partial charge in [-0.25, -0.2) is 0 Å². The van der Waals surface area contributed by atoms with Crippen molar-refractivity contribution in [1.29, 1.82) is 0 Å². The molecule has 22 heavy (non-hydrogen) atoms. The van der Waals surface area contributed by atoms with Crippen LogP contribution in [0.3, 0.4) is 0 Å². The Morgan fingerprint density at radius 3 is 2.27 bits per heavy atom. The third kappa shape index (κ3) is 3.10. The molecular formula is C16H21N5O. The van der Waals surface area contributed by atoms with Crippen LogP contribution in [0.25, 0.3) is 5.82 Å². The molecule has 0 saturated carbocycles. The first-order valence-corrected chi connectivity index (χ1v) is 7.77. The Labute approximate surface area is 130 Å². The minimum absolute atomic E-state index is 0.260. The van der Waals surface area contributed by atoms with Crippen molar-refractivity contribution in [3.63, 3.8) is 0 Å². The molecule has 1 fully saturated rings. The standard InChI is InChI=1S/C16H21N5O/c1-2-5-16(22)21-12-10-20(11-13-21)15-7-6-14(17-18-15)19-8-3-4-9-19/h3-4,6-9H,2,5,10-13H2,1H3. The van der Waals surface area contributed by atoms with Gasteiger partial charge in [-0.1, -0.05) is 6.92 Å². The van der Waals surface area contributed by atoms with Crippen molar-refractivity contribution in [1.82, 2.24) is 19.7 Å². The topological polar surface area (TPSA) is 54.3 Å². The summed E-state index contributed by atoms with van der Waals surface area (Å²) >= 11 is 0. The normalized spacial score (nSPS) is 15.1. The van der Waals surface area contributed by atoms with Crippen molar-refractivity contribution in [2.75, 3.05) is 31.1 Å². The van der Waals surface area contributed by atoms with E-state index in [-0.39, 0.29) is 5.91 Å². The molecule has 2 aromatic heterocycles. The third-order valence-corrected chi connectivity index (χ3v) is 3.93. The molecule has 0 radical (unpaired) electrons. The summed E-state index contributed by atoms with van der Waals surface area (Å²) in [6.45, 7) is 5.19. The molecule has 0 spiro atoms. The molecule has 3 heterocycles. The summed E-state index contributed by atoms with van der Waals surface area (Å²) in [6, 6.07) is 7.88. The summed E-state index contributed by atoms with van der Waals surface area (Å²) < 4.78 is 1.93. The van der Waals surface area contributed by atoms with E-state index < -0.39 is 0 Å². The van der Waals surface area contributed by atoms with Gasteiger partial charge in [-0.15, -0.1) is 10.2 Å². The lowest BCUT2D eigenvalue weighted by molar-refractivity contribution is -0.131. The van der Waals surface area contributed by atoms with Gasteiger partial charge in [0.2, 0.25) is 5.91 Å². The molecule has 1 saturated heterocycles. The van der Waals surface area contributed by atoms with Crippen molar-refractivity contribution in [2.24, 2.45) is 0 Å². The number of carbonyl (C=O) groups is 1. The fourth-order valence-corrected chi connectivity index (χ4v) is 2.67. The van der Waals surface area contributed by atoms with E-state index in [0.717, 1.165) is 44.2 Å². The fourth-order valence-electron chi connectivity index (χ4n) is 2.67. The highest BCUT2D eigenvalue weighted by Crippen LogP contribution is 2.15. The molecule has 3 rings (SSSR count). The maximum Gasteiger partial charge on any atom is 0.222 e. The molecule has 0 aromatic carbocycles. The Morgan fingerprint density at radius 2 is 1.68 bits per heavy atom. The summed E-state index contributed by atoms with van der Waals surface area (Å²) in [5.74, 6) is 1.94. The average molecular weight is 299 g/mol. The molecular weight excluding hydrogens is 278 g/mol. The summed E-state index contributed by atoms with van der Waals surface area (Å²) in [4.78, 5) is 16.0. The van der Waals surface area contributed by atoms with E-state index in [4.69, 9.17) is 0 Å². The number of anilines is 1. The summed E-state index contributed by atoms with van der Waals surface area (Å²) in [6.07, 6.45) is 5.44. The van der Waals surface area contributed by atoms with E-state index in [0.29, 0.717) is 6.42 Å². The molecule has 0 aliphatic carbocycles. The lowest BCUT2D eigenvalue weighted by atomic mass is 10.2. The first-order chi connectivity index (χ1) is 10.8. The second-order valence-electron chi connectivity index (χ2n) is 5.46. The number of aromatic nitrogens is 3. The van der Waals surface area contributed by atoms with Gasteiger partial charge in [0.15, 0.2) is 11.6 Å². The molecule has 0 bridgehead atoms. The van der Waals surface area contributed by atoms with Crippen LogP contribution in [0.1, 0.15) is 19.8 Å². The van der Waals surface area contributed by atoms with Crippen LogP contribution in [0.2, 0.25) is 0 Å². The van der Waals surface area contributed by atoms with Gasteiger partial charge < -0.3 is 14.4 Å². The predicted octanol–water partition coefficient (Wildman–Crippen LogP) is 1.72. The lowest BCUT2D eigenvalue weighted by Crippen LogP contribution is -2.49. The Hall–Kier alpha value is -2.37. The highest BCUT2D eigenvalue weighted by Gasteiger charge is 2.21. The minimum atomic E-state index is 0.260. The van der Waals surface area contributed by atoms with Crippen molar-refractivity contribution < 1.29 is 4.79 Å². The summed E-state index contributed by atoms with van der Waals surface area (Å²) in [7, 11) is 0. The zero-order chi connectivity index (χ0) is 15.4. The van der Waals surface area contributed by atoms with Gasteiger partial charge in [-0.2, -0.15) is 0 Å². The highest BCUT2D eigenvalue weighted by molar-refractivity contribution is 5.76. The number of piperazine rings is 1. The van der Waals surface area contributed by atoms with E-state index >= 15 is 0 Å². The average Bonchev–Trinajstić information content (AvgIpc) is 3.10. The summed E-state index contributed by atoms with van der Waals surface area (Å²) in [5, 5.41) is 8.59. The number of amides is 1. The van der Waals surface area contributed by atoms with Crippen molar-refractivity contribution >= 4 is 11.7 Å². The second kappa shape index (κ2) is 6.60. The smallest absolute Gasteiger partial charge is 0.222 e. The van der Waals surface area contributed by atoms with Crippen molar-refractivity contribution in [3.8, 4) is 5.82 Å². The van der Waals surface area contributed by atoms with E-state index in [9.17, 15) is 4.79 Å². The van der Waals surface area contributed by atoms with Crippen LogP contribution in [0, 0.1) is 0 Å².